The predicted molar refractivity (Wildman–Crippen MR) is 79.1 cm³/mol. The average Bonchev–Trinajstić information content (AvgIpc) is 2.86. The lowest BCUT2D eigenvalue weighted by Crippen LogP contribution is -2.32. The van der Waals surface area contributed by atoms with Crippen molar-refractivity contribution in [2.24, 2.45) is 5.73 Å². The molecule has 1 aromatic carbocycles. The maximum Gasteiger partial charge on any atom is 0.320 e. The molecule has 2 aromatic rings. The lowest BCUT2D eigenvalue weighted by Gasteiger charge is -2.08. The lowest BCUT2D eigenvalue weighted by atomic mass is 10.2. The van der Waals surface area contributed by atoms with Crippen LogP contribution >= 0.6 is 15.9 Å². The van der Waals surface area contributed by atoms with Crippen molar-refractivity contribution in [1.82, 2.24) is 15.0 Å². The van der Waals surface area contributed by atoms with E-state index in [-0.39, 0.29) is 6.42 Å². The zero-order valence-electron chi connectivity index (χ0n) is 11.4. The Balaban J connectivity index is 2.12. The van der Waals surface area contributed by atoms with Crippen molar-refractivity contribution in [1.29, 1.82) is 0 Å². The fourth-order valence-corrected chi connectivity index (χ4v) is 2.28. The Bertz CT molecular complexity index is 644. The third-order valence-corrected chi connectivity index (χ3v) is 3.40. The number of carboxylic acids is 1. The van der Waals surface area contributed by atoms with Crippen molar-refractivity contribution in [3.8, 4) is 5.75 Å². The van der Waals surface area contributed by atoms with Gasteiger partial charge in [-0.15, -0.1) is 5.10 Å². The monoisotopic (exact) mass is 354 g/mol. The van der Waals surface area contributed by atoms with Gasteiger partial charge in [0.2, 0.25) is 0 Å². The zero-order valence-corrected chi connectivity index (χ0v) is 12.9. The van der Waals surface area contributed by atoms with Crippen LogP contribution in [0.15, 0.2) is 28.9 Å². The molecule has 0 aliphatic carbocycles. The van der Waals surface area contributed by atoms with Gasteiger partial charge in [-0.1, -0.05) is 21.1 Å². The van der Waals surface area contributed by atoms with Crippen LogP contribution in [0.1, 0.15) is 11.3 Å². The van der Waals surface area contributed by atoms with Gasteiger partial charge in [-0.05, 0) is 18.2 Å². The molecular weight excluding hydrogens is 340 g/mol. The van der Waals surface area contributed by atoms with Crippen LogP contribution in [0.3, 0.4) is 0 Å². The number of aliphatic carboxylic acids is 1. The number of ether oxygens (including phenoxy) is 1. The lowest BCUT2D eigenvalue weighted by molar-refractivity contribution is -0.138. The summed E-state index contributed by atoms with van der Waals surface area (Å²) in [6.45, 7) is 0.470. The molecule has 1 unspecified atom stereocenters. The number of hydrogen-bond donors (Lipinski definition) is 2. The standard InChI is InChI=1S/C13H15BrN4O3/c1-21-12-3-2-9(14)4-8(12)6-18-7-10(16-17-18)5-11(15)13(19)20/h2-4,7,11H,5-6,15H2,1H3,(H,19,20). The maximum absolute atomic E-state index is 10.7. The van der Waals surface area contributed by atoms with E-state index < -0.39 is 12.0 Å². The zero-order chi connectivity index (χ0) is 15.4. The molecule has 0 saturated heterocycles. The fraction of sp³-hybridized carbons (Fsp3) is 0.308. The van der Waals surface area contributed by atoms with Crippen LogP contribution in [0.5, 0.6) is 5.75 Å². The topological polar surface area (TPSA) is 103 Å². The number of carboxylic acid groups (broad SMARTS) is 1. The van der Waals surface area contributed by atoms with Crippen LogP contribution < -0.4 is 10.5 Å². The summed E-state index contributed by atoms with van der Waals surface area (Å²) < 4.78 is 7.85. The number of aromatic nitrogens is 3. The summed E-state index contributed by atoms with van der Waals surface area (Å²) in [6, 6.07) is 4.71. The van der Waals surface area contributed by atoms with Gasteiger partial charge >= 0.3 is 5.97 Å². The second-order valence-corrected chi connectivity index (χ2v) is 5.43. The Morgan fingerprint density at radius 2 is 2.33 bits per heavy atom. The molecule has 112 valence electrons. The Hall–Kier alpha value is -1.93. The number of rotatable bonds is 6. The third kappa shape index (κ3) is 4.02. The quantitative estimate of drug-likeness (QED) is 0.803. The summed E-state index contributed by atoms with van der Waals surface area (Å²) in [6.07, 6.45) is 1.83. The van der Waals surface area contributed by atoms with E-state index in [1.165, 1.54) is 0 Å². The first-order valence-electron chi connectivity index (χ1n) is 6.19. The van der Waals surface area contributed by atoms with Crippen molar-refractivity contribution in [2.45, 2.75) is 19.0 Å². The average molecular weight is 355 g/mol. The minimum absolute atomic E-state index is 0.144. The Morgan fingerprint density at radius 3 is 3.00 bits per heavy atom. The van der Waals surface area contributed by atoms with Gasteiger partial charge in [0.25, 0.3) is 0 Å². The molecule has 0 amide bonds. The first kappa shape index (κ1) is 15.5. The van der Waals surface area contributed by atoms with Crippen molar-refractivity contribution < 1.29 is 14.6 Å². The molecule has 0 spiro atoms. The molecule has 3 N–H and O–H groups in total. The van der Waals surface area contributed by atoms with Crippen LogP contribution in [0.2, 0.25) is 0 Å². The minimum Gasteiger partial charge on any atom is -0.496 e. The predicted octanol–water partition coefficient (Wildman–Crippen LogP) is 1.05. The van der Waals surface area contributed by atoms with E-state index in [0.29, 0.717) is 12.2 Å². The first-order valence-corrected chi connectivity index (χ1v) is 6.98. The second-order valence-electron chi connectivity index (χ2n) is 4.51. The van der Waals surface area contributed by atoms with Gasteiger partial charge < -0.3 is 15.6 Å². The van der Waals surface area contributed by atoms with E-state index in [0.717, 1.165) is 15.8 Å². The van der Waals surface area contributed by atoms with Gasteiger partial charge in [-0.25, -0.2) is 4.68 Å². The van der Waals surface area contributed by atoms with Gasteiger partial charge in [0.1, 0.15) is 11.8 Å². The van der Waals surface area contributed by atoms with Crippen LogP contribution in [0.25, 0.3) is 0 Å². The van der Waals surface area contributed by atoms with Crippen LogP contribution in [0, 0.1) is 0 Å². The summed E-state index contributed by atoms with van der Waals surface area (Å²) in [5.41, 5.74) is 6.95. The molecular formula is C13H15BrN4O3. The summed E-state index contributed by atoms with van der Waals surface area (Å²) in [5, 5.41) is 16.7. The highest BCUT2D eigenvalue weighted by molar-refractivity contribution is 9.10. The van der Waals surface area contributed by atoms with E-state index in [4.69, 9.17) is 15.6 Å². The van der Waals surface area contributed by atoms with Crippen LogP contribution in [-0.4, -0.2) is 39.2 Å². The molecule has 0 bridgehead atoms. The molecule has 0 saturated carbocycles. The second kappa shape index (κ2) is 6.68. The summed E-state index contributed by atoms with van der Waals surface area (Å²) in [7, 11) is 1.60. The number of methoxy groups -OCH3 is 1. The molecule has 8 heteroatoms. The molecule has 1 atom stereocenters. The molecule has 0 radical (unpaired) electrons. The molecule has 2 rings (SSSR count). The highest BCUT2D eigenvalue weighted by Gasteiger charge is 2.15. The van der Waals surface area contributed by atoms with Gasteiger partial charge in [-0.3, -0.25) is 4.79 Å². The smallest absolute Gasteiger partial charge is 0.320 e. The molecule has 1 heterocycles. The van der Waals surface area contributed by atoms with Gasteiger partial charge in [-0.2, -0.15) is 0 Å². The number of nitrogens with zero attached hydrogens (tertiary/aromatic N) is 3. The minimum atomic E-state index is -1.06. The molecule has 21 heavy (non-hydrogen) atoms. The van der Waals surface area contributed by atoms with Gasteiger partial charge in [0.15, 0.2) is 0 Å². The summed E-state index contributed by atoms with van der Waals surface area (Å²) in [5.74, 6) is -0.310. The van der Waals surface area contributed by atoms with Crippen molar-refractivity contribution in [2.75, 3.05) is 7.11 Å². The van der Waals surface area contributed by atoms with Gasteiger partial charge in [0.05, 0.1) is 19.3 Å². The number of benzene rings is 1. The number of carbonyl (C=O) groups is 1. The largest absolute Gasteiger partial charge is 0.496 e. The SMILES string of the molecule is COc1ccc(Br)cc1Cn1cc(CC(N)C(=O)O)nn1. The normalized spacial score (nSPS) is 12.1. The number of halogens is 1. The Labute approximate surface area is 129 Å². The van der Waals surface area contributed by atoms with E-state index in [1.807, 2.05) is 18.2 Å². The van der Waals surface area contributed by atoms with Crippen molar-refractivity contribution >= 4 is 21.9 Å². The first-order chi connectivity index (χ1) is 9.99. The molecule has 0 aliphatic heterocycles. The summed E-state index contributed by atoms with van der Waals surface area (Å²) in [4.78, 5) is 10.7. The van der Waals surface area contributed by atoms with E-state index in [9.17, 15) is 4.79 Å². The number of nitrogens with two attached hydrogens (primary N) is 1. The van der Waals surface area contributed by atoms with E-state index >= 15 is 0 Å². The Kier molecular flexibility index (Phi) is 4.92. The van der Waals surface area contributed by atoms with Crippen molar-refractivity contribution in [3.05, 3.63) is 40.1 Å². The van der Waals surface area contributed by atoms with Gasteiger partial charge in [0, 0.05) is 22.7 Å². The number of hydrogen-bond acceptors (Lipinski definition) is 5. The summed E-state index contributed by atoms with van der Waals surface area (Å²) >= 11 is 3.41. The molecule has 1 aromatic heterocycles. The Morgan fingerprint density at radius 1 is 1.57 bits per heavy atom. The van der Waals surface area contributed by atoms with E-state index in [1.54, 1.807) is 18.0 Å². The fourth-order valence-electron chi connectivity index (χ4n) is 1.87. The highest BCUT2D eigenvalue weighted by Crippen LogP contribution is 2.23. The van der Waals surface area contributed by atoms with Crippen LogP contribution in [0.4, 0.5) is 0 Å². The maximum atomic E-state index is 10.7. The highest BCUT2D eigenvalue weighted by atomic mass is 79.9. The molecule has 7 nitrogen and oxygen atoms in total. The molecule has 0 fully saturated rings. The third-order valence-electron chi connectivity index (χ3n) is 2.91. The van der Waals surface area contributed by atoms with Crippen LogP contribution in [-0.2, 0) is 17.8 Å². The van der Waals surface area contributed by atoms with Crippen molar-refractivity contribution in [3.63, 3.8) is 0 Å². The molecule has 0 aliphatic rings. The van der Waals surface area contributed by atoms with E-state index in [2.05, 4.69) is 26.2 Å².